The van der Waals surface area contributed by atoms with Crippen LogP contribution in [0, 0.1) is 11.8 Å². The Balaban J connectivity index is 1.47. The normalized spacial score (nSPS) is 14.5. The van der Waals surface area contributed by atoms with Gasteiger partial charge in [0.05, 0.1) is 0 Å². The molecule has 2 aromatic carbocycles. The number of hydrogen-bond acceptors (Lipinski definition) is 2. The third kappa shape index (κ3) is 4.50. The molecule has 0 bridgehead atoms. The zero-order valence-electron chi connectivity index (χ0n) is 14.3. The van der Waals surface area contributed by atoms with Crippen molar-refractivity contribution in [1.29, 1.82) is 0 Å². The molecule has 1 aliphatic rings. The number of benzene rings is 2. The van der Waals surface area contributed by atoms with Gasteiger partial charge >= 0.3 is 0 Å². The van der Waals surface area contributed by atoms with Crippen molar-refractivity contribution < 1.29 is 0 Å². The van der Waals surface area contributed by atoms with Crippen LogP contribution in [0.25, 0.3) is 5.57 Å². The highest BCUT2D eigenvalue weighted by Gasteiger charge is 2.11. The predicted octanol–water partition coefficient (Wildman–Crippen LogP) is 4.26. The van der Waals surface area contributed by atoms with Gasteiger partial charge in [-0.2, -0.15) is 0 Å². The zero-order valence-corrected chi connectivity index (χ0v) is 14.3. The maximum Gasteiger partial charge on any atom is 0.0338 e. The van der Waals surface area contributed by atoms with Gasteiger partial charge in [-0.1, -0.05) is 48.2 Å². The third-order valence-electron chi connectivity index (χ3n) is 4.40. The Morgan fingerprint density at radius 3 is 2.50 bits per heavy atom. The van der Waals surface area contributed by atoms with E-state index in [1.165, 1.54) is 11.1 Å². The molecule has 122 valence electrons. The van der Waals surface area contributed by atoms with Gasteiger partial charge in [-0.15, -0.1) is 0 Å². The van der Waals surface area contributed by atoms with Gasteiger partial charge in [0.2, 0.25) is 0 Å². The van der Waals surface area contributed by atoms with Crippen LogP contribution in [0.5, 0.6) is 0 Å². The molecule has 0 atom stereocenters. The van der Waals surface area contributed by atoms with E-state index in [2.05, 4.69) is 82.7 Å². The summed E-state index contributed by atoms with van der Waals surface area (Å²) in [5.41, 5.74) is 5.04. The second-order valence-corrected chi connectivity index (χ2v) is 6.03. The van der Waals surface area contributed by atoms with Crippen LogP contribution in [0.2, 0.25) is 0 Å². The molecular weight excluding hydrogens is 292 g/mol. The molecule has 2 nitrogen and oxygen atoms in total. The highest BCUT2D eigenvalue weighted by molar-refractivity contribution is 5.66. The molecule has 0 saturated heterocycles. The zero-order chi connectivity index (χ0) is 16.6. The summed E-state index contributed by atoms with van der Waals surface area (Å²) in [4.78, 5) is 2.48. The molecule has 0 aliphatic carbocycles. The third-order valence-corrected chi connectivity index (χ3v) is 4.40. The summed E-state index contributed by atoms with van der Waals surface area (Å²) in [7, 11) is 1.93. The largest absolute Gasteiger partial charge is 0.388 e. The number of hydrogen-bond donors (Lipinski definition) is 1. The van der Waals surface area contributed by atoms with E-state index in [-0.39, 0.29) is 0 Å². The molecule has 24 heavy (non-hydrogen) atoms. The van der Waals surface area contributed by atoms with Crippen molar-refractivity contribution in [3.05, 3.63) is 71.8 Å². The van der Waals surface area contributed by atoms with Crippen molar-refractivity contribution in [2.24, 2.45) is 0 Å². The Morgan fingerprint density at radius 2 is 1.83 bits per heavy atom. The molecule has 2 heteroatoms. The number of rotatable bonds is 4. The van der Waals surface area contributed by atoms with Crippen LogP contribution in [-0.2, 0) is 0 Å². The van der Waals surface area contributed by atoms with E-state index in [1.54, 1.807) is 0 Å². The Kier molecular flexibility index (Phi) is 5.71. The van der Waals surface area contributed by atoms with Crippen molar-refractivity contribution in [2.45, 2.75) is 12.8 Å². The standard InChI is InChI=1S/C22H24N2/c1-23-22-12-10-19(11-13-22)7-5-6-16-24-17-14-21(15-18-24)20-8-3-2-4-9-20/h2-4,8-14,23H,6,15-18H2,1H3. The Hall–Kier alpha value is -2.50. The first-order valence-corrected chi connectivity index (χ1v) is 8.58. The summed E-state index contributed by atoms with van der Waals surface area (Å²) in [5.74, 6) is 6.55. The molecule has 1 aliphatic heterocycles. The smallest absolute Gasteiger partial charge is 0.0338 e. The lowest BCUT2D eigenvalue weighted by Gasteiger charge is -2.25. The Labute approximate surface area is 145 Å². The summed E-state index contributed by atoms with van der Waals surface area (Å²) < 4.78 is 0. The summed E-state index contributed by atoms with van der Waals surface area (Å²) in [6, 6.07) is 18.9. The molecule has 0 amide bonds. The van der Waals surface area contributed by atoms with Crippen molar-refractivity contribution in [3.8, 4) is 11.8 Å². The number of nitrogens with one attached hydrogen (secondary N) is 1. The van der Waals surface area contributed by atoms with Crippen molar-refractivity contribution in [3.63, 3.8) is 0 Å². The molecular formula is C22H24N2. The van der Waals surface area contributed by atoms with Crippen molar-refractivity contribution in [1.82, 2.24) is 4.90 Å². The van der Waals surface area contributed by atoms with Gasteiger partial charge in [-0.05, 0) is 41.8 Å². The molecule has 1 N–H and O–H groups in total. The van der Waals surface area contributed by atoms with Gasteiger partial charge in [0.1, 0.15) is 0 Å². The van der Waals surface area contributed by atoms with E-state index in [0.29, 0.717) is 0 Å². The van der Waals surface area contributed by atoms with Gasteiger partial charge < -0.3 is 5.32 Å². The molecule has 0 unspecified atom stereocenters. The highest BCUT2D eigenvalue weighted by atomic mass is 15.1. The topological polar surface area (TPSA) is 15.3 Å². The van der Waals surface area contributed by atoms with Gasteiger partial charge in [0, 0.05) is 44.4 Å². The minimum atomic E-state index is 0.919. The SMILES string of the molecule is CNc1ccc(C#CCCN2CC=C(c3ccccc3)CC2)cc1. The molecule has 1 heterocycles. The lowest BCUT2D eigenvalue weighted by Crippen LogP contribution is -2.29. The van der Waals surface area contributed by atoms with Crippen LogP contribution in [0.15, 0.2) is 60.7 Å². The fourth-order valence-electron chi connectivity index (χ4n) is 2.93. The fraction of sp³-hybridized carbons (Fsp3) is 0.273. The second-order valence-electron chi connectivity index (χ2n) is 6.03. The van der Waals surface area contributed by atoms with Crippen LogP contribution in [-0.4, -0.2) is 31.6 Å². The molecule has 2 aromatic rings. The van der Waals surface area contributed by atoms with Gasteiger partial charge in [0.15, 0.2) is 0 Å². The summed E-state index contributed by atoms with van der Waals surface area (Å²) in [6.45, 7) is 3.20. The minimum absolute atomic E-state index is 0.919. The van der Waals surface area contributed by atoms with E-state index in [1.807, 2.05) is 7.05 Å². The number of nitrogens with zero attached hydrogens (tertiary/aromatic N) is 1. The Morgan fingerprint density at radius 1 is 1.04 bits per heavy atom. The first-order valence-electron chi connectivity index (χ1n) is 8.58. The Bertz CT molecular complexity index is 733. The molecule has 0 saturated carbocycles. The van der Waals surface area contributed by atoms with Gasteiger partial charge in [0.25, 0.3) is 0 Å². The van der Waals surface area contributed by atoms with Crippen LogP contribution in [0.1, 0.15) is 24.0 Å². The molecule has 3 rings (SSSR count). The maximum absolute atomic E-state index is 3.30. The van der Waals surface area contributed by atoms with E-state index >= 15 is 0 Å². The average Bonchev–Trinajstić information content (AvgIpc) is 2.67. The molecule has 0 fully saturated rings. The van der Waals surface area contributed by atoms with Crippen molar-refractivity contribution in [2.75, 3.05) is 32.0 Å². The molecule has 0 radical (unpaired) electrons. The van der Waals surface area contributed by atoms with Crippen LogP contribution < -0.4 is 5.32 Å². The first-order chi connectivity index (χ1) is 11.8. The second kappa shape index (κ2) is 8.38. The average molecular weight is 316 g/mol. The summed E-state index contributed by atoms with van der Waals surface area (Å²) in [6.07, 6.45) is 4.41. The summed E-state index contributed by atoms with van der Waals surface area (Å²) in [5, 5.41) is 3.12. The highest BCUT2D eigenvalue weighted by Crippen LogP contribution is 2.21. The lowest BCUT2D eigenvalue weighted by molar-refractivity contribution is 0.309. The van der Waals surface area contributed by atoms with E-state index in [9.17, 15) is 0 Å². The van der Waals surface area contributed by atoms with Gasteiger partial charge in [-0.3, -0.25) is 4.90 Å². The quantitative estimate of drug-likeness (QED) is 0.848. The molecule has 0 aromatic heterocycles. The predicted molar refractivity (Wildman–Crippen MR) is 103 cm³/mol. The maximum atomic E-state index is 3.30. The van der Waals surface area contributed by atoms with Crippen LogP contribution >= 0.6 is 0 Å². The first kappa shape index (κ1) is 16.4. The monoisotopic (exact) mass is 316 g/mol. The fourth-order valence-corrected chi connectivity index (χ4v) is 2.93. The minimum Gasteiger partial charge on any atom is -0.388 e. The summed E-state index contributed by atoms with van der Waals surface area (Å²) >= 11 is 0. The van der Waals surface area contributed by atoms with Crippen LogP contribution in [0.4, 0.5) is 5.69 Å². The van der Waals surface area contributed by atoms with Crippen molar-refractivity contribution >= 4 is 11.3 Å². The van der Waals surface area contributed by atoms with Gasteiger partial charge in [-0.25, -0.2) is 0 Å². The van der Waals surface area contributed by atoms with Crippen LogP contribution in [0.3, 0.4) is 0 Å². The van der Waals surface area contributed by atoms with E-state index in [4.69, 9.17) is 0 Å². The lowest BCUT2D eigenvalue weighted by atomic mass is 9.99. The molecule has 0 spiro atoms. The van der Waals surface area contributed by atoms with E-state index in [0.717, 1.165) is 43.7 Å². The van der Waals surface area contributed by atoms with E-state index < -0.39 is 0 Å². The number of anilines is 1.